The summed E-state index contributed by atoms with van der Waals surface area (Å²) in [4.78, 5) is 30.1. The smallest absolute Gasteiger partial charge is 0.258 e. The van der Waals surface area contributed by atoms with Crippen LogP contribution >= 0.6 is 0 Å². The van der Waals surface area contributed by atoms with Crippen molar-refractivity contribution >= 4 is 21.8 Å². The van der Waals surface area contributed by atoms with Gasteiger partial charge < -0.3 is 14.1 Å². The summed E-state index contributed by atoms with van der Waals surface area (Å²) in [7, 11) is -3.76. The van der Waals surface area contributed by atoms with Gasteiger partial charge in [-0.3, -0.25) is 14.5 Å². The fourth-order valence-electron chi connectivity index (χ4n) is 4.55. The number of carbonyl (C=O) groups excluding carboxylic acids is 2. The van der Waals surface area contributed by atoms with Crippen LogP contribution in [-0.2, 0) is 26.1 Å². The minimum atomic E-state index is -3.76. The van der Waals surface area contributed by atoms with Crippen molar-refractivity contribution in [3.8, 4) is 0 Å². The third-order valence-electron chi connectivity index (χ3n) is 5.95. The lowest BCUT2D eigenvalue weighted by Crippen LogP contribution is -2.43. The van der Waals surface area contributed by atoms with Crippen molar-refractivity contribution in [2.45, 2.75) is 26.4 Å². The van der Waals surface area contributed by atoms with Gasteiger partial charge in [-0.25, -0.2) is 12.7 Å². The largest absolute Gasteiger partial charge is 0.467 e. The van der Waals surface area contributed by atoms with Crippen molar-refractivity contribution < 1.29 is 27.2 Å². The fourth-order valence-corrected chi connectivity index (χ4v) is 5.56. The van der Waals surface area contributed by atoms with E-state index in [1.807, 2.05) is 13.8 Å². The molecular weight excluding hydrogens is 410 g/mol. The minimum Gasteiger partial charge on any atom is -0.467 e. The number of furan rings is 1. The third kappa shape index (κ3) is 3.57. The molecule has 2 fully saturated rings. The second-order valence-electron chi connectivity index (χ2n) is 8.31. The quantitative estimate of drug-likeness (QED) is 0.674. The molecule has 164 valence electrons. The molecule has 1 aromatic rings. The van der Waals surface area contributed by atoms with Crippen molar-refractivity contribution in [3.63, 3.8) is 0 Å². The van der Waals surface area contributed by atoms with E-state index >= 15 is 0 Å². The number of carbonyl (C=O) groups is 2. The predicted octanol–water partition coefficient (Wildman–Crippen LogP) is 0.894. The summed E-state index contributed by atoms with van der Waals surface area (Å²) in [6, 6.07) is 1.05. The standard InChI is InChI=1S/C20H27N3O6S/c1-13(2)17-18-15(23(20(17)25)30(3,26)27)4-6-22(18)19(24)14-5-9-29-16(14)12-21-7-10-28-11-8-21/h4-5,9,13,17-18H,6-8,10-12H2,1-3H3/t17-,18+/m1/s1. The molecule has 1 aromatic heterocycles. The summed E-state index contributed by atoms with van der Waals surface area (Å²) in [5.74, 6) is -0.880. The average Bonchev–Trinajstić information content (AvgIpc) is 3.35. The summed E-state index contributed by atoms with van der Waals surface area (Å²) in [5, 5.41) is 0. The van der Waals surface area contributed by atoms with Crippen LogP contribution in [0, 0.1) is 11.8 Å². The first-order chi connectivity index (χ1) is 14.2. The summed E-state index contributed by atoms with van der Waals surface area (Å²) in [6.45, 7) is 7.31. The van der Waals surface area contributed by atoms with Gasteiger partial charge in [0.05, 0.1) is 55.5 Å². The van der Waals surface area contributed by atoms with Gasteiger partial charge in [0.25, 0.3) is 5.91 Å². The summed E-state index contributed by atoms with van der Waals surface area (Å²) in [6.07, 6.45) is 4.19. The lowest BCUT2D eigenvalue weighted by Gasteiger charge is -2.29. The Balaban J connectivity index is 1.61. The molecule has 3 aliphatic heterocycles. The maximum atomic E-state index is 13.5. The van der Waals surface area contributed by atoms with Crippen LogP contribution in [0.2, 0.25) is 0 Å². The van der Waals surface area contributed by atoms with Crippen LogP contribution in [-0.4, -0.2) is 79.5 Å². The molecule has 4 heterocycles. The molecule has 0 unspecified atom stereocenters. The second kappa shape index (κ2) is 7.82. The monoisotopic (exact) mass is 437 g/mol. The topological polar surface area (TPSA) is 100 Å². The van der Waals surface area contributed by atoms with E-state index in [1.165, 1.54) is 6.26 Å². The van der Waals surface area contributed by atoms with Gasteiger partial charge in [-0.15, -0.1) is 0 Å². The molecule has 0 saturated carbocycles. The number of fused-ring (bicyclic) bond motifs is 1. The minimum absolute atomic E-state index is 0.122. The van der Waals surface area contributed by atoms with Gasteiger partial charge in [0.2, 0.25) is 15.9 Å². The molecule has 9 nitrogen and oxygen atoms in total. The van der Waals surface area contributed by atoms with Crippen LogP contribution < -0.4 is 0 Å². The highest BCUT2D eigenvalue weighted by atomic mass is 32.2. The first-order valence-electron chi connectivity index (χ1n) is 10.1. The Morgan fingerprint density at radius 3 is 2.60 bits per heavy atom. The Kier molecular flexibility index (Phi) is 5.50. The number of nitrogens with zero attached hydrogens (tertiary/aromatic N) is 3. The highest BCUT2D eigenvalue weighted by Gasteiger charge is 2.55. The summed E-state index contributed by atoms with van der Waals surface area (Å²) >= 11 is 0. The molecule has 2 atom stereocenters. The maximum Gasteiger partial charge on any atom is 0.258 e. The van der Waals surface area contributed by atoms with Crippen LogP contribution in [0.5, 0.6) is 0 Å². The lowest BCUT2D eigenvalue weighted by atomic mass is 9.89. The van der Waals surface area contributed by atoms with Crippen LogP contribution in [0.4, 0.5) is 0 Å². The zero-order chi connectivity index (χ0) is 21.6. The van der Waals surface area contributed by atoms with E-state index < -0.39 is 27.9 Å². The normalized spacial score (nSPS) is 25.2. The van der Waals surface area contributed by atoms with E-state index in [0.29, 0.717) is 36.8 Å². The Morgan fingerprint density at radius 1 is 1.27 bits per heavy atom. The Hall–Kier alpha value is -2.17. The maximum absolute atomic E-state index is 13.5. The van der Waals surface area contributed by atoms with Crippen LogP contribution in [0.25, 0.3) is 0 Å². The van der Waals surface area contributed by atoms with E-state index in [1.54, 1.807) is 17.0 Å². The summed E-state index contributed by atoms with van der Waals surface area (Å²) < 4.78 is 36.4. The molecule has 2 saturated heterocycles. The molecule has 4 rings (SSSR count). The van der Waals surface area contributed by atoms with E-state index in [4.69, 9.17) is 9.15 Å². The zero-order valence-corrected chi connectivity index (χ0v) is 18.2. The van der Waals surface area contributed by atoms with E-state index in [-0.39, 0.29) is 18.4 Å². The molecular formula is C20H27N3O6S. The average molecular weight is 438 g/mol. The molecule has 0 aliphatic carbocycles. The Labute approximate surface area is 176 Å². The number of morpholine rings is 1. The van der Waals surface area contributed by atoms with Gasteiger partial charge in [-0.1, -0.05) is 13.8 Å². The molecule has 30 heavy (non-hydrogen) atoms. The molecule has 0 spiro atoms. The molecule has 0 aromatic carbocycles. The van der Waals surface area contributed by atoms with E-state index in [0.717, 1.165) is 23.7 Å². The molecule has 0 bridgehead atoms. The Bertz CT molecular complexity index is 976. The first kappa shape index (κ1) is 21.1. The van der Waals surface area contributed by atoms with Crippen LogP contribution in [0.15, 0.2) is 28.5 Å². The number of rotatable bonds is 5. The van der Waals surface area contributed by atoms with Crippen molar-refractivity contribution in [3.05, 3.63) is 35.4 Å². The predicted molar refractivity (Wildman–Crippen MR) is 108 cm³/mol. The van der Waals surface area contributed by atoms with Crippen molar-refractivity contribution in [1.82, 2.24) is 14.1 Å². The van der Waals surface area contributed by atoms with E-state index in [9.17, 15) is 18.0 Å². The second-order valence-corrected chi connectivity index (χ2v) is 10.1. The van der Waals surface area contributed by atoms with Gasteiger partial charge in [-0.05, 0) is 18.1 Å². The van der Waals surface area contributed by atoms with Gasteiger partial charge in [-0.2, -0.15) is 0 Å². The number of amides is 2. The Morgan fingerprint density at radius 2 is 1.97 bits per heavy atom. The fraction of sp³-hybridized carbons (Fsp3) is 0.600. The van der Waals surface area contributed by atoms with Gasteiger partial charge in [0.15, 0.2) is 0 Å². The molecule has 2 amide bonds. The highest BCUT2D eigenvalue weighted by Crippen LogP contribution is 2.42. The van der Waals surface area contributed by atoms with Gasteiger partial charge >= 0.3 is 0 Å². The molecule has 0 N–H and O–H groups in total. The SMILES string of the molecule is CC(C)[C@H]1C(=O)N(S(C)(=O)=O)C2=CCN(C(=O)c3ccoc3CN3CCOCC3)[C@@H]21. The lowest BCUT2D eigenvalue weighted by molar-refractivity contribution is -0.128. The summed E-state index contributed by atoms with van der Waals surface area (Å²) in [5.41, 5.74) is 0.830. The van der Waals surface area contributed by atoms with Crippen molar-refractivity contribution in [1.29, 1.82) is 0 Å². The van der Waals surface area contributed by atoms with Gasteiger partial charge in [0.1, 0.15) is 5.76 Å². The highest BCUT2D eigenvalue weighted by molar-refractivity contribution is 7.89. The molecule has 3 aliphatic rings. The number of sulfonamides is 1. The number of ether oxygens (including phenoxy) is 1. The van der Waals surface area contributed by atoms with E-state index in [2.05, 4.69) is 4.90 Å². The number of hydrogen-bond acceptors (Lipinski definition) is 7. The van der Waals surface area contributed by atoms with Crippen LogP contribution in [0.3, 0.4) is 0 Å². The number of hydrogen-bond donors (Lipinski definition) is 0. The molecule has 10 heteroatoms. The van der Waals surface area contributed by atoms with Crippen molar-refractivity contribution in [2.75, 3.05) is 39.1 Å². The molecule has 0 radical (unpaired) electrons. The first-order valence-corrected chi connectivity index (χ1v) is 12.0. The van der Waals surface area contributed by atoms with Gasteiger partial charge in [0, 0.05) is 19.6 Å². The van der Waals surface area contributed by atoms with Crippen LogP contribution in [0.1, 0.15) is 30.0 Å². The third-order valence-corrected chi connectivity index (χ3v) is 7.01. The zero-order valence-electron chi connectivity index (χ0n) is 17.4. The van der Waals surface area contributed by atoms with Crippen molar-refractivity contribution in [2.24, 2.45) is 11.8 Å².